The molecule has 46 heavy (non-hydrogen) atoms. The first kappa shape index (κ1) is 43.0. The number of piperidine rings is 1. The van der Waals surface area contributed by atoms with E-state index in [2.05, 4.69) is 108 Å². The number of hydrogen-bond acceptors (Lipinski definition) is 5. The van der Waals surface area contributed by atoms with Gasteiger partial charge in [0.1, 0.15) is 0 Å². The third kappa shape index (κ3) is 15.1. The van der Waals surface area contributed by atoms with Gasteiger partial charge in [-0.2, -0.15) is 4.98 Å². The van der Waals surface area contributed by atoms with Crippen molar-refractivity contribution in [3.05, 3.63) is 59.2 Å². The van der Waals surface area contributed by atoms with Crippen LogP contribution in [0.4, 0.5) is 0 Å². The lowest BCUT2D eigenvalue weighted by Crippen LogP contribution is -2.43. The maximum absolute atomic E-state index is 11.7. The number of carbonyl (C=O) groups is 1. The third-order valence-electron chi connectivity index (χ3n) is 7.21. The Kier molecular flexibility index (Phi) is 20.3. The summed E-state index contributed by atoms with van der Waals surface area (Å²) in [5.74, 6) is 1.08. The topological polar surface area (TPSA) is 79.5 Å². The summed E-state index contributed by atoms with van der Waals surface area (Å²) in [5, 5.41) is 13.8. The van der Waals surface area contributed by atoms with Crippen molar-refractivity contribution in [2.75, 3.05) is 13.1 Å². The Morgan fingerprint density at radius 2 is 1.43 bits per heavy atom. The van der Waals surface area contributed by atoms with Gasteiger partial charge in [0, 0.05) is 17.7 Å². The molecule has 1 aromatic heterocycles. The van der Waals surface area contributed by atoms with E-state index in [-0.39, 0.29) is 0 Å². The molecule has 0 amide bonds. The summed E-state index contributed by atoms with van der Waals surface area (Å²) in [6.07, 6.45) is 4.42. The lowest BCUT2D eigenvalue weighted by Gasteiger charge is -2.38. The summed E-state index contributed by atoms with van der Waals surface area (Å²) in [6, 6.07) is 14.6. The molecule has 3 aromatic rings. The van der Waals surface area contributed by atoms with E-state index >= 15 is 0 Å². The van der Waals surface area contributed by atoms with E-state index in [9.17, 15) is 9.90 Å². The lowest BCUT2D eigenvalue weighted by atomic mass is 9.76. The van der Waals surface area contributed by atoms with Crippen LogP contribution in [0.1, 0.15) is 132 Å². The van der Waals surface area contributed by atoms with E-state index in [4.69, 9.17) is 4.52 Å². The largest absolute Gasteiger partial charge is 0.481 e. The predicted octanol–water partition coefficient (Wildman–Crippen LogP) is 11.5. The van der Waals surface area contributed by atoms with Crippen molar-refractivity contribution >= 4 is 5.97 Å². The molecule has 0 unspecified atom stereocenters. The first-order valence-corrected chi connectivity index (χ1v) is 17.7. The highest BCUT2D eigenvalue weighted by Gasteiger charge is 2.39. The number of hydrogen-bond donors (Lipinski definition) is 1. The molecule has 0 aliphatic carbocycles. The highest BCUT2D eigenvalue weighted by molar-refractivity contribution is 5.74. The molecule has 1 aliphatic heterocycles. The number of aromatic nitrogens is 2. The van der Waals surface area contributed by atoms with E-state index in [1.54, 1.807) is 0 Å². The molecule has 2 heterocycles. The minimum Gasteiger partial charge on any atom is -0.481 e. The zero-order valence-corrected chi connectivity index (χ0v) is 31.9. The van der Waals surface area contributed by atoms with Crippen LogP contribution in [0.25, 0.3) is 22.8 Å². The lowest BCUT2D eigenvalue weighted by molar-refractivity contribution is -0.152. The molecule has 0 bridgehead atoms. The SMILES string of the molecule is CC.CC.CC(C)(C)C.CCC.CCC1(C(=O)O)CCN(Cc2ccc(-c3noc(-c4ccc(CC(C)C)c(C)c4)n3)cc2)CC1. The van der Waals surface area contributed by atoms with Crippen molar-refractivity contribution in [2.24, 2.45) is 16.7 Å². The smallest absolute Gasteiger partial charge is 0.309 e. The van der Waals surface area contributed by atoms with Gasteiger partial charge >= 0.3 is 5.97 Å². The fourth-order valence-corrected chi connectivity index (χ4v) is 4.83. The fourth-order valence-electron chi connectivity index (χ4n) is 4.83. The van der Waals surface area contributed by atoms with Gasteiger partial charge < -0.3 is 9.63 Å². The quantitative estimate of drug-likeness (QED) is 0.265. The van der Waals surface area contributed by atoms with Crippen LogP contribution in [0, 0.1) is 23.7 Å². The molecule has 1 aliphatic rings. The van der Waals surface area contributed by atoms with E-state index in [1.165, 1.54) is 23.1 Å². The summed E-state index contributed by atoms with van der Waals surface area (Å²) >= 11 is 0. The summed E-state index contributed by atoms with van der Waals surface area (Å²) in [6.45, 7) is 32.0. The third-order valence-corrected chi connectivity index (χ3v) is 7.21. The Labute approximate surface area is 282 Å². The van der Waals surface area contributed by atoms with Gasteiger partial charge in [-0.25, -0.2) is 0 Å². The molecular formula is C40H67N3O3. The van der Waals surface area contributed by atoms with Crippen LogP contribution < -0.4 is 0 Å². The zero-order valence-electron chi connectivity index (χ0n) is 31.9. The Morgan fingerprint density at radius 1 is 0.935 bits per heavy atom. The van der Waals surface area contributed by atoms with Crippen LogP contribution in [0.5, 0.6) is 0 Å². The number of nitrogens with zero attached hydrogens (tertiary/aromatic N) is 3. The van der Waals surface area contributed by atoms with Crippen molar-refractivity contribution in [1.82, 2.24) is 15.0 Å². The standard InChI is InChI=1S/C28H35N3O3.C5H12.C3H8.2C2H6/c1-5-28(27(32)33)12-14-31(15-13-28)18-21-6-8-22(9-7-21)25-29-26(34-30-25)24-11-10-23(16-19(2)3)20(4)17-24;1-5(2,3)4;1-3-2;2*1-2/h6-11,17,19H,5,12-16,18H2,1-4H3,(H,32,33);1-4H3;3H2,1-2H3;2*1-2H3. The van der Waals surface area contributed by atoms with Crippen molar-refractivity contribution in [3.63, 3.8) is 0 Å². The molecule has 1 saturated heterocycles. The first-order chi connectivity index (χ1) is 21.7. The maximum Gasteiger partial charge on any atom is 0.309 e. The Bertz CT molecular complexity index is 1230. The average Bonchev–Trinajstić information content (AvgIpc) is 3.51. The van der Waals surface area contributed by atoms with Gasteiger partial charge in [-0.15, -0.1) is 0 Å². The van der Waals surface area contributed by atoms with Crippen molar-refractivity contribution in [3.8, 4) is 22.8 Å². The number of aryl methyl sites for hydroxylation is 1. The first-order valence-electron chi connectivity index (χ1n) is 17.7. The molecular weight excluding hydrogens is 570 g/mol. The van der Waals surface area contributed by atoms with E-state index in [1.807, 2.05) is 46.8 Å². The van der Waals surface area contributed by atoms with Crippen LogP contribution in [0.3, 0.4) is 0 Å². The number of rotatable bonds is 8. The van der Waals surface area contributed by atoms with Gasteiger partial charge in [-0.1, -0.05) is 132 Å². The van der Waals surface area contributed by atoms with Gasteiger partial charge in [0.25, 0.3) is 5.89 Å². The van der Waals surface area contributed by atoms with Gasteiger partial charge in [0.05, 0.1) is 5.41 Å². The Morgan fingerprint density at radius 3 is 1.87 bits per heavy atom. The summed E-state index contributed by atoms with van der Waals surface area (Å²) in [7, 11) is 0. The molecule has 1 fully saturated rings. The predicted molar refractivity (Wildman–Crippen MR) is 197 cm³/mol. The van der Waals surface area contributed by atoms with Crippen LogP contribution in [0.15, 0.2) is 47.0 Å². The van der Waals surface area contributed by atoms with Crippen molar-refractivity contribution < 1.29 is 14.4 Å². The summed E-state index contributed by atoms with van der Waals surface area (Å²) < 4.78 is 5.56. The van der Waals surface area contributed by atoms with E-state index in [0.29, 0.717) is 42.3 Å². The van der Waals surface area contributed by atoms with Crippen LogP contribution >= 0.6 is 0 Å². The molecule has 6 nitrogen and oxygen atoms in total. The summed E-state index contributed by atoms with van der Waals surface area (Å²) in [4.78, 5) is 18.6. The van der Waals surface area contributed by atoms with Crippen LogP contribution in [-0.2, 0) is 17.8 Å². The van der Waals surface area contributed by atoms with Crippen molar-refractivity contribution in [2.45, 2.75) is 136 Å². The minimum atomic E-state index is -0.653. The number of likely N-dealkylation sites (tertiary alicyclic amines) is 1. The molecule has 0 spiro atoms. The highest BCUT2D eigenvalue weighted by atomic mass is 16.5. The zero-order chi connectivity index (χ0) is 35.5. The highest BCUT2D eigenvalue weighted by Crippen LogP contribution is 2.35. The monoisotopic (exact) mass is 638 g/mol. The fraction of sp³-hybridized carbons (Fsp3) is 0.625. The summed E-state index contributed by atoms with van der Waals surface area (Å²) in [5.41, 5.74) is 5.60. The number of benzene rings is 2. The number of carboxylic acid groups (broad SMARTS) is 1. The molecule has 0 radical (unpaired) electrons. The number of carboxylic acids is 1. The molecule has 0 saturated carbocycles. The van der Waals surface area contributed by atoms with Gasteiger partial charge in [-0.05, 0) is 85.9 Å². The van der Waals surface area contributed by atoms with Crippen molar-refractivity contribution in [1.29, 1.82) is 0 Å². The second-order valence-corrected chi connectivity index (χ2v) is 13.8. The Hall–Kier alpha value is -2.99. The normalized spacial score (nSPS) is 13.9. The van der Waals surface area contributed by atoms with Gasteiger partial charge in [0.2, 0.25) is 5.82 Å². The molecule has 260 valence electrons. The van der Waals surface area contributed by atoms with Gasteiger partial charge in [0.15, 0.2) is 0 Å². The number of aliphatic carboxylic acids is 1. The van der Waals surface area contributed by atoms with Crippen LogP contribution in [0.2, 0.25) is 0 Å². The minimum absolute atomic E-state index is 0.500. The van der Waals surface area contributed by atoms with E-state index < -0.39 is 11.4 Å². The molecule has 4 rings (SSSR count). The molecule has 2 aromatic carbocycles. The second-order valence-electron chi connectivity index (χ2n) is 13.8. The van der Waals surface area contributed by atoms with Gasteiger partial charge in [-0.3, -0.25) is 9.69 Å². The van der Waals surface area contributed by atoms with E-state index in [0.717, 1.165) is 37.2 Å². The molecule has 1 N–H and O–H groups in total. The second kappa shape index (κ2) is 21.7. The Balaban J connectivity index is 0.00000147. The van der Waals surface area contributed by atoms with Crippen LogP contribution in [-0.4, -0.2) is 39.2 Å². The molecule has 0 atom stereocenters. The average molecular weight is 638 g/mol. The maximum atomic E-state index is 11.7. The molecule has 6 heteroatoms.